The van der Waals surface area contributed by atoms with Gasteiger partial charge in [-0.25, -0.2) is 0 Å². The summed E-state index contributed by atoms with van der Waals surface area (Å²) in [5, 5.41) is 4.03. The molecule has 160 valence electrons. The third kappa shape index (κ3) is 6.23. The van der Waals surface area contributed by atoms with E-state index in [0.29, 0.717) is 17.8 Å². The van der Waals surface area contributed by atoms with Gasteiger partial charge in [0.2, 0.25) is 0 Å². The van der Waals surface area contributed by atoms with E-state index in [-0.39, 0.29) is 5.54 Å². The van der Waals surface area contributed by atoms with Crippen LogP contribution in [0.1, 0.15) is 90.7 Å². The highest BCUT2D eigenvalue weighted by atomic mass is 15.0. The lowest BCUT2D eigenvalue weighted by Gasteiger charge is -2.41. The summed E-state index contributed by atoms with van der Waals surface area (Å²) in [7, 11) is 0. The molecule has 0 saturated carbocycles. The van der Waals surface area contributed by atoms with Gasteiger partial charge < -0.3 is 5.32 Å². The molecular formula is C28H43N. The van der Waals surface area contributed by atoms with Gasteiger partial charge in [0.15, 0.2) is 0 Å². The number of anilines is 1. The molecule has 0 heterocycles. The first-order valence-corrected chi connectivity index (χ1v) is 11.1. The highest BCUT2D eigenvalue weighted by molar-refractivity contribution is 5.61. The van der Waals surface area contributed by atoms with Gasteiger partial charge in [-0.05, 0) is 66.2 Å². The van der Waals surface area contributed by atoms with Crippen molar-refractivity contribution in [3.63, 3.8) is 0 Å². The molecule has 0 spiro atoms. The van der Waals surface area contributed by atoms with E-state index in [0.717, 1.165) is 30.4 Å². The van der Waals surface area contributed by atoms with Crippen molar-refractivity contribution in [2.75, 3.05) is 5.32 Å². The molecule has 1 aromatic carbocycles. The zero-order valence-corrected chi connectivity index (χ0v) is 20.0. The van der Waals surface area contributed by atoms with Crippen molar-refractivity contribution in [1.29, 1.82) is 0 Å². The van der Waals surface area contributed by atoms with E-state index in [1.54, 1.807) is 6.08 Å². The second-order valence-electron chi connectivity index (χ2n) is 9.23. The minimum Gasteiger partial charge on any atom is -0.379 e. The highest BCUT2D eigenvalue weighted by Gasteiger charge is 2.33. The first kappa shape index (κ1) is 25.0. The zero-order chi connectivity index (χ0) is 22.4. The predicted octanol–water partition coefficient (Wildman–Crippen LogP) is 8.78. The molecule has 1 heteroatoms. The number of hydrogen-bond donors (Lipinski definition) is 1. The highest BCUT2D eigenvalue weighted by Crippen LogP contribution is 2.39. The van der Waals surface area contributed by atoms with E-state index in [2.05, 4.69) is 98.3 Å². The van der Waals surface area contributed by atoms with Crippen molar-refractivity contribution in [2.45, 2.75) is 85.1 Å². The summed E-state index contributed by atoms with van der Waals surface area (Å²) in [6.07, 6.45) is 4.63. The van der Waals surface area contributed by atoms with Crippen LogP contribution in [-0.2, 0) is 0 Å². The molecule has 0 bridgehead atoms. The van der Waals surface area contributed by atoms with Crippen molar-refractivity contribution in [2.24, 2.45) is 5.92 Å². The van der Waals surface area contributed by atoms with Gasteiger partial charge in [0, 0.05) is 11.2 Å². The van der Waals surface area contributed by atoms with Crippen LogP contribution in [0.3, 0.4) is 0 Å². The van der Waals surface area contributed by atoms with Crippen LogP contribution in [0.15, 0.2) is 67.3 Å². The molecule has 2 atom stereocenters. The maximum absolute atomic E-state index is 4.38. The molecule has 0 fully saturated rings. The van der Waals surface area contributed by atoms with Crippen molar-refractivity contribution < 1.29 is 0 Å². The van der Waals surface area contributed by atoms with Crippen LogP contribution in [0, 0.1) is 5.92 Å². The van der Waals surface area contributed by atoms with Crippen LogP contribution >= 0.6 is 0 Å². The first-order chi connectivity index (χ1) is 13.5. The number of hydrogen-bond acceptors (Lipinski definition) is 1. The van der Waals surface area contributed by atoms with Crippen LogP contribution in [0.5, 0.6) is 0 Å². The minimum absolute atomic E-state index is 0.133. The molecule has 0 radical (unpaired) electrons. The second kappa shape index (κ2) is 10.7. The maximum atomic E-state index is 4.38. The van der Waals surface area contributed by atoms with Crippen molar-refractivity contribution in [1.82, 2.24) is 0 Å². The molecule has 0 aliphatic carbocycles. The second-order valence-corrected chi connectivity index (χ2v) is 9.23. The fourth-order valence-corrected chi connectivity index (χ4v) is 3.84. The van der Waals surface area contributed by atoms with Gasteiger partial charge in [-0.2, -0.15) is 0 Å². The molecule has 1 aromatic rings. The Balaban J connectivity index is 3.42. The SMILES string of the molecule is C=CC(=C)C(=C)CCC(C)(Nc1c(C(C)C)cccc1C(C)C)C(C)C(=C)CC. The van der Waals surface area contributed by atoms with Gasteiger partial charge >= 0.3 is 0 Å². The molecule has 0 saturated heterocycles. The molecule has 0 aromatic heterocycles. The van der Waals surface area contributed by atoms with Crippen molar-refractivity contribution in [3.8, 4) is 0 Å². The number of allylic oxidation sites excluding steroid dienone is 3. The van der Waals surface area contributed by atoms with Gasteiger partial charge in [0.05, 0.1) is 0 Å². The molecule has 1 nitrogen and oxygen atoms in total. The Morgan fingerprint density at radius 1 is 1.03 bits per heavy atom. The van der Waals surface area contributed by atoms with E-state index < -0.39 is 0 Å². The fourth-order valence-electron chi connectivity index (χ4n) is 3.84. The van der Waals surface area contributed by atoms with Crippen LogP contribution in [0.25, 0.3) is 0 Å². The summed E-state index contributed by atoms with van der Waals surface area (Å²) in [6.45, 7) is 32.4. The molecule has 0 amide bonds. The van der Waals surface area contributed by atoms with Crippen LogP contribution in [0.4, 0.5) is 5.69 Å². The monoisotopic (exact) mass is 393 g/mol. The van der Waals surface area contributed by atoms with Crippen LogP contribution < -0.4 is 5.32 Å². The minimum atomic E-state index is -0.133. The lowest BCUT2D eigenvalue weighted by molar-refractivity contribution is 0.360. The van der Waals surface area contributed by atoms with Crippen molar-refractivity contribution in [3.05, 3.63) is 78.4 Å². The summed E-state index contributed by atoms with van der Waals surface area (Å²) in [5.74, 6) is 1.25. The first-order valence-electron chi connectivity index (χ1n) is 11.1. The summed E-state index contributed by atoms with van der Waals surface area (Å²) >= 11 is 0. The van der Waals surface area contributed by atoms with Gasteiger partial charge in [-0.1, -0.05) is 97.7 Å². The Morgan fingerprint density at radius 3 is 1.97 bits per heavy atom. The standard InChI is InChI=1S/C28H43N/c1-12-21(7)23(9)17-18-28(11,24(10)22(8)13-2)29-27-25(19(3)4)15-14-16-26(27)20(5)6/h12,14-16,19-20,24,29H,1,7-9,13,17-18H2,2-6,10-11H3. The lowest BCUT2D eigenvalue weighted by Crippen LogP contribution is -2.43. The van der Waals surface area contributed by atoms with Gasteiger partial charge in [-0.15, -0.1) is 0 Å². The lowest BCUT2D eigenvalue weighted by atomic mass is 9.76. The van der Waals surface area contributed by atoms with E-state index in [1.165, 1.54) is 22.4 Å². The smallest absolute Gasteiger partial charge is 0.0414 e. The van der Waals surface area contributed by atoms with Gasteiger partial charge in [-0.3, -0.25) is 0 Å². The quantitative estimate of drug-likeness (QED) is 0.276. The molecule has 1 rings (SSSR count). The zero-order valence-electron chi connectivity index (χ0n) is 20.0. The van der Waals surface area contributed by atoms with Crippen LogP contribution in [-0.4, -0.2) is 5.54 Å². The molecule has 0 aliphatic rings. The Labute approximate surface area is 180 Å². The van der Waals surface area contributed by atoms with Crippen LogP contribution in [0.2, 0.25) is 0 Å². The van der Waals surface area contributed by atoms with E-state index in [4.69, 9.17) is 0 Å². The molecule has 0 aliphatic heterocycles. The predicted molar refractivity (Wildman–Crippen MR) is 133 cm³/mol. The molecule has 1 N–H and O–H groups in total. The molecule has 29 heavy (non-hydrogen) atoms. The summed E-state index contributed by atoms with van der Waals surface area (Å²) in [4.78, 5) is 0. The Kier molecular flexibility index (Phi) is 9.20. The Morgan fingerprint density at radius 2 is 1.55 bits per heavy atom. The summed E-state index contributed by atoms with van der Waals surface area (Å²) in [5.41, 5.74) is 7.19. The van der Waals surface area contributed by atoms with E-state index in [9.17, 15) is 0 Å². The number of para-hydroxylation sites is 1. The molecule has 2 unspecified atom stereocenters. The Bertz CT molecular complexity index is 723. The fraction of sp³-hybridized carbons (Fsp3) is 0.500. The summed E-state index contributed by atoms with van der Waals surface area (Å²) < 4.78 is 0. The average molecular weight is 394 g/mol. The third-order valence-corrected chi connectivity index (χ3v) is 6.45. The van der Waals surface area contributed by atoms with E-state index >= 15 is 0 Å². The summed E-state index contributed by atoms with van der Waals surface area (Å²) in [6, 6.07) is 6.71. The normalized spacial score (nSPS) is 14.4. The van der Waals surface area contributed by atoms with E-state index in [1.807, 2.05) is 0 Å². The molecular weight excluding hydrogens is 350 g/mol. The third-order valence-electron chi connectivity index (χ3n) is 6.45. The average Bonchev–Trinajstić information content (AvgIpc) is 2.69. The van der Waals surface area contributed by atoms with Crippen molar-refractivity contribution >= 4 is 5.69 Å². The number of rotatable bonds is 12. The Hall–Kier alpha value is -2.02. The largest absolute Gasteiger partial charge is 0.379 e. The number of nitrogens with one attached hydrogen (secondary N) is 1. The van der Waals surface area contributed by atoms with Gasteiger partial charge in [0.25, 0.3) is 0 Å². The number of benzene rings is 1. The topological polar surface area (TPSA) is 12.0 Å². The maximum Gasteiger partial charge on any atom is 0.0414 e. The van der Waals surface area contributed by atoms with Gasteiger partial charge in [0.1, 0.15) is 0 Å².